The predicted molar refractivity (Wildman–Crippen MR) is 43.4 cm³/mol. The van der Waals surface area contributed by atoms with Crippen LogP contribution in [0.1, 0.15) is 5.76 Å². The van der Waals surface area contributed by atoms with Crippen molar-refractivity contribution in [3.05, 3.63) is 24.2 Å². The van der Waals surface area contributed by atoms with Crippen molar-refractivity contribution in [1.82, 2.24) is 14.8 Å². The van der Waals surface area contributed by atoms with E-state index in [1.165, 1.54) is 0 Å². The van der Waals surface area contributed by atoms with E-state index in [0.717, 1.165) is 11.5 Å². The van der Waals surface area contributed by atoms with Crippen molar-refractivity contribution < 1.29 is 4.42 Å². The number of aryl methyl sites for hydroxylation is 2. The van der Waals surface area contributed by atoms with Gasteiger partial charge in [0.25, 0.3) is 0 Å². The Kier molecular flexibility index (Phi) is 1.46. The van der Waals surface area contributed by atoms with E-state index in [0.29, 0.717) is 5.89 Å². The number of nitrogens with zero attached hydrogens (tertiary/aromatic N) is 3. The first-order chi connectivity index (χ1) is 5.77. The summed E-state index contributed by atoms with van der Waals surface area (Å²) in [6, 6.07) is 1.87. The molecule has 0 amide bonds. The van der Waals surface area contributed by atoms with Gasteiger partial charge >= 0.3 is 0 Å². The summed E-state index contributed by atoms with van der Waals surface area (Å²) in [5, 5.41) is 4.02. The van der Waals surface area contributed by atoms with Gasteiger partial charge in [-0.15, -0.1) is 0 Å². The van der Waals surface area contributed by atoms with Crippen molar-refractivity contribution in [3.8, 4) is 11.6 Å². The summed E-state index contributed by atoms with van der Waals surface area (Å²) < 4.78 is 7.06. The SMILES string of the molecule is Cc1cnc(-c2ccnn2C)o1. The lowest BCUT2D eigenvalue weighted by Gasteiger charge is -1.93. The average Bonchev–Trinajstić information content (AvgIpc) is 2.58. The Hall–Kier alpha value is -1.58. The van der Waals surface area contributed by atoms with Crippen molar-refractivity contribution in [3.63, 3.8) is 0 Å². The van der Waals surface area contributed by atoms with Crippen molar-refractivity contribution in [2.24, 2.45) is 7.05 Å². The Morgan fingerprint density at radius 3 is 2.83 bits per heavy atom. The smallest absolute Gasteiger partial charge is 0.244 e. The fourth-order valence-electron chi connectivity index (χ4n) is 1.06. The second-order valence-electron chi connectivity index (χ2n) is 2.62. The molecule has 0 radical (unpaired) electrons. The Labute approximate surface area is 69.8 Å². The minimum atomic E-state index is 0.618. The number of aromatic nitrogens is 3. The van der Waals surface area contributed by atoms with Crippen LogP contribution in [0.3, 0.4) is 0 Å². The quantitative estimate of drug-likeness (QED) is 0.638. The number of hydrogen-bond donors (Lipinski definition) is 0. The fourth-order valence-corrected chi connectivity index (χ4v) is 1.06. The van der Waals surface area contributed by atoms with Crippen LogP contribution in [0.2, 0.25) is 0 Å². The van der Waals surface area contributed by atoms with Crippen LogP contribution in [-0.2, 0) is 7.05 Å². The number of hydrogen-bond acceptors (Lipinski definition) is 3. The Bertz CT molecular complexity index is 388. The second-order valence-corrected chi connectivity index (χ2v) is 2.62. The number of rotatable bonds is 1. The van der Waals surface area contributed by atoms with E-state index in [9.17, 15) is 0 Å². The monoisotopic (exact) mass is 163 g/mol. The van der Waals surface area contributed by atoms with Crippen LogP contribution in [0.5, 0.6) is 0 Å². The predicted octanol–water partition coefficient (Wildman–Crippen LogP) is 1.38. The highest BCUT2D eigenvalue weighted by Gasteiger charge is 2.07. The van der Waals surface area contributed by atoms with Crippen molar-refractivity contribution in [2.75, 3.05) is 0 Å². The van der Waals surface area contributed by atoms with E-state index < -0.39 is 0 Å². The highest BCUT2D eigenvalue weighted by atomic mass is 16.4. The molecule has 0 aliphatic rings. The molecule has 2 heterocycles. The van der Waals surface area contributed by atoms with E-state index in [-0.39, 0.29) is 0 Å². The summed E-state index contributed by atoms with van der Waals surface area (Å²) in [4.78, 5) is 4.09. The standard InChI is InChI=1S/C8H9N3O/c1-6-5-9-8(12-6)7-3-4-10-11(7)2/h3-5H,1-2H3. The van der Waals surface area contributed by atoms with Gasteiger partial charge < -0.3 is 4.42 Å². The van der Waals surface area contributed by atoms with Crippen LogP contribution >= 0.6 is 0 Å². The van der Waals surface area contributed by atoms with Gasteiger partial charge in [-0.05, 0) is 13.0 Å². The molecule has 0 aliphatic heterocycles. The third-order valence-electron chi connectivity index (χ3n) is 1.66. The van der Waals surface area contributed by atoms with Gasteiger partial charge in [0, 0.05) is 13.2 Å². The van der Waals surface area contributed by atoms with Gasteiger partial charge in [0.2, 0.25) is 5.89 Å². The molecule has 62 valence electrons. The third kappa shape index (κ3) is 1.01. The van der Waals surface area contributed by atoms with Crippen LogP contribution in [0.25, 0.3) is 11.6 Å². The minimum Gasteiger partial charge on any atom is -0.440 e. The van der Waals surface area contributed by atoms with Gasteiger partial charge in [0.1, 0.15) is 11.5 Å². The van der Waals surface area contributed by atoms with E-state index in [2.05, 4.69) is 10.1 Å². The Balaban J connectivity index is 2.50. The molecular formula is C8H9N3O. The maximum Gasteiger partial charge on any atom is 0.244 e. The molecule has 0 aromatic carbocycles. The third-order valence-corrected chi connectivity index (χ3v) is 1.66. The molecule has 0 spiro atoms. The second kappa shape index (κ2) is 2.48. The van der Waals surface area contributed by atoms with E-state index in [1.807, 2.05) is 20.0 Å². The molecule has 0 fully saturated rings. The Morgan fingerprint density at radius 2 is 2.33 bits per heavy atom. The molecule has 2 rings (SSSR count). The highest BCUT2D eigenvalue weighted by molar-refractivity contribution is 5.46. The van der Waals surface area contributed by atoms with E-state index in [1.54, 1.807) is 17.1 Å². The Morgan fingerprint density at radius 1 is 1.50 bits per heavy atom. The zero-order valence-electron chi connectivity index (χ0n) is 6.98. The molecule has 2 aromatic heterocycles. The summed E-state index contributed by atoms with van der Waals surface area (Å²) in [6.45, 7) is 1.87. The first-order valence-corrected chi connectivity index (χ1v) is 3.68. The molecule has 2 aromatic rings. The summed E-state index contributed by atoms with van der Waals surface area (Å²) >= 11 is 0. The molecule has 4 heteroatoms. The summed E-state index contributed by atoms with van der Waals surface area (Å²) in [7, 11) is 1.86. The summed E-state index contributed by atoms with van der Waals surface area (Å²) in [6.07, 6.45) is 3.41. The van der Waals surface area contributed by atoms with Crippen molar-refractivity contribution >= 4 is 0 Å². The average molecular weight is 163 g/mol. The molecule has 0 atom stereocenters. The first kappa shape index (κ1) is 7.09. The molecule has 0 N–H and O–H groups in total. The normalized spacial score (nSPS) is 10.5. The van der Waals surface area contributed by atoms with E-state index >= 15 is 0 Å². The zero-order valence-corrected chi connectivity index (χ0v) is 6.98. The molecule has 12 heavy (non-hydrogen) atoms. The summed E-state index contributed by atoms with van der Waals surface area (Å²) in [5.74, 6) is 1.43. The molecular weight excluding hydrogens is 154 g/mol. The van der Waals surface area contributed by atoms with Gasteiger partial charge in [-0.25, -0.2) is 4.98 Å². The molecule has 0 saturated heterocycles. The van der Waals surface area contributed by atoms with Gasteiger partial charge in [0.15, 0.2) is 0 Å². The van der Waals surface area contributed by atoms with Crippen molar-refractivity contribution in [2.45, 2.75) is 6.92 Å². The molecule has 0 aliphatic carbocycles. The number of oxazole rings is 1. The minimum absolute atomic E-state index is 0.618. The van der Waals surface area contributed by atoms with E-state index in [4.69, 9.17) is 4.42 Å². The van der Waals surface area contributed by atoms with Crippen LogP contribution in [0.15, 0.2) is 22.9 Å². The van der Waals surface area contributed by atoms with Gasteiger partial charge in [0.05, 0.1) is 6.20 Å². The maximum atomic E-state index is 5.34. The van der Waals surface area contributed by atoms with Gasteiger partial charge in [-0.1, -0.05) is 0 Å². The first-order valence-electron chi connectivity index (χ1n) is 3.68. The lowest BCUT2D eigenvalue weighted by atomic mass is 10.4. The van der Waals surface area contributed by atoms with Crippen molar-refractivity contribution in [1.29, 1.82) is 0 Å². The zero-order chi connectivity index (χ0) is 8.55. The van der Waals surface area contributed by atoms with Gasteiger partial charge in [-0.3, -0.25) is 4.68 Å². The van der Waals surface area contributed by atoms with Crippen LogP contribution in [0.4, 0.5) is 0 Å². The molecule has 0 saturated carbocycles. The van der Waals surface area contributed by atoms with Crippen LogP contribution in [-0.4, -0.2) is 14.8 Å². The highest BCUT2D eigenvalue weighted by Crippen LogP contribution is 2.16. The lowest BCUT2D eigenvalue weighted by Crippen LogP contribution is -1.92. The van der Waals surface area contributed by atoms with Crippen LogP contribution < -0.4 is 0 Å². The molecule has 0 bridgehead atoms. The van der Waals surface area contributed by atoms with Crippen LogP contribution in [0, 0.1) is 6.92 Å². The lowest BCUT2D eigenvalue weighted by molar-refractivity contribution is 0.535. The molecule has 0 unspecified atom stereocenters. The van der Waals surface area contributed by atoms with Gasteiger partial charge in [-0.2, -0.15) is 5.10 Å². The topological polar surface area (TPSA) is 43.9 Å². The maximum absolute atomic E-state index is 5.34. The largest absolute Gasteiger partial charge is 0.440 e. The molecule has 4 nitrogen and oxygen atoms in total. The fraction of sp³-hybridized carbons (Fsp3) is 0.250. The summed E-state index contributed by atoms with van der Waals surface area (Å²) in [5.41, 5.74) is 0.892.